The highest BCUT2D eigenvalue weighted by Gasteiger charge is 2.39. The van der Waals surface area contributed by atoms with Crippen LogP contribution in [0.4, 0.5) is 0 Å². The Morgan fingerprint density at radius 1 is 1.07 bits per heavy atom. The van der Waals surface area contributed by atoms with Crippen LogP contribution in [0.1, 0.15) is 35.3 Å². The molecule has 2 unspecified atom stereocenters. The van der Waals surface area contributed by atoms with Gasteiger partial charge in [0, 0.05) is 10.4 Å². The van der Waals surface area contributed by atoms with Crippen LogP contribution in [0.25, 0.3) is 16.8 Å². The summed E-state index contributed by atoms with van der Waals surface area (Å²) in [7, 11) is 0. The summed E-state index contributed by atoms with van der Waals surface area (Å²) in [5.74, 6) is 0.552. The summed E-state index contributed by atoms with van der Waals surface area (Å²) < 4.78 is 0. The fourth-order valence-corrected chi connectivity index (χ4v) is 4.77. The largest absolute Gasteiger partial charge is 0.509 e. The number of benzene rings is 2. The van der Waals surface area contributed by atoms with Crippen LogP contribution < -0.4 is 0 Å². The highest BCUT2D eigenvalue weighted by molar-refractivity contribution is 7.13. The quantitative estimate of drug-likeness (QED) is 0.590. The third kappa shape index (κ3) is 3.02. The van der Waals surface area contributed by atoms with Crippen molar-refractivity contribution < 1.29 is 5.11 Å². The number of aromatic nitrogens is 1. The number of rotatable bonds is 4. The third-order valence-electron chi connectivity index (χ3n) is 5.32. The van der Waals surface area contributed by atoms with E-state index in [0.717, 1.165) is 21.7 Å². The number of nitrogens with zero attached hydrogens (tertiary/aromatic N) is 2. The number of thiazole rings is 1. The summed E-state index contributed by atoms with van der Waals surface area (Å²) in [6, 6.07) is 19.9. The molecular formula is C23H23N3OS. The summed E-state index contributed by atoms with van der Waals surface area (Å²) >= 11 is 1.53. The van der Waals surface area contributed by atoms with Gasteiger partial charge in [-0.3, -0.25) is 5.41 Å². The second-order valence-electron chi connectivity index (χ2n) is 7.07. The first-order chi connectivity index (χ1) is 13.5. The lowest BCUT2D eigenvalue weighted by Crippen LogP contribution is -2.35. The number of aryl methyl sites for hydroxylation is 1. The lowest BCUT2D eigenvalue weighted by atomic mass is 10.1. The summed E-state index contributed by atoms with van der Waals surface area (Å²) in [5, 5.41) is 20.4. The van der Waals surface area contributed by atoms with Crippen LogP contribution in [-0.4, -0.2) is 26.9 Å². The van der Waals surface area contributed by atoms with E-state index in [1.807, 2.05) is 67.3 Å². The van der Waals surface area contributed by atoms with Gasteiger partial charge in [0.1, 0.15) is 16.6 Å². The lowest BCUT2D eigenvalue weighted by Gasteiger charge is -2.31. The zero-order chi connectivity index (χ0) is 19.8. The molecule has 5 heteroatoms. The van der Waals surface area contributed by atoms with Crippen LogP contribution >= 0.6 is 11.3 Å². The molecule has 142 valence electrons. The Balaban J connectivity index is 1.70. The predicted octanol–water partition coefficient (Wildman–Crippen LogP) is 5.83. The maximum Gasteiger partial charge on any atom is 0.135 e. The maximum atomic E-state index is 10.9. The van der Waals surface area contributed by atoms with E-state index in [-0.39, 0.29) is 17.8 Å². The summed E-state index contributed by atoms with van der Waals surface area (Å²) in [6.45, 7) is 6.04. The molecule has 0 amide bonds. The van der Waals surface area contributed by atoms with Crippen molar-refractivity contribution in [3.05, 3.63) is 81.9 Å². The van der Waals surface area contributed by atoms with Gasteiger partial charge in [0.05, 0.1) is 23.4 Å². The molecular weight excluding hydrogens is 366 g/mol. The number of hydrogen-bond acceptors (Lipinski definition) is 4. The second-order valence-corrected chi connectivity index (χ2v) is 8.27. The topological polar surface area (TPSA) is 60.2 Å². The van der Waals surface area contributed by atoms with Crippen molar-refractivity contribution in [3.63, 3.8) is 0 Å². The van der Waals surface area contributed by atoms with Crippen molar-refractivity contribution >= 4 is 22.7 Å². The Morgan fingerprint density at radius 2 is 1.68 bits per heavy atom. The molecule has 1 aliphatic rings. The molecule has 0 radical (unpaired) electrons. The Labute approximate surface area is 169 Å². The minimum Gasteiger partial charge on any atom is -0.509 e. The van der Waals surface area contributed by atoms with Gasteiger partial charge >= 0.3 is 0 Å². The summed E-state index contributed by atoms with van der Waals surface area (Å²) in [5.41, 5.74) is 3.63. The van der Waals surface area contributed by atoms with E-state index < -0.39 is 0 Å². The molecule has 1 aromatic heterocycles. The van der Waals surface area contributed by atoms with Crippen molar-refractivity contribution in [2.24, 2.45) is 0 Å². The van der Waals surface area contributed by atoms with E-state index in [1.54, 1.807) is 0 Å². The highest BCUT2D eigenvalue weighted by Crippen LogP contribution is 2.40. The highest BCUT2D eigenvalue weighted by atomic mass is 32.1. The standard InChI is InChI=1S/C23H23N3OS/c1-14(17-10-6-4-7-11-17)26-15(2)21(27)19(22(26)24)23-25-20(16(3)28-23)18-12-8-5-9-13-18/h4-15,24,27H,1-3H3. The molecule has 2 atom stereocenters. The monoisotopic (exact) mass is 389 g/mol. The van der Waals surface area contributed by atoms with Gasteiger partial charge in [-0.25, -0.2) is 4.98 Å². The van der Waals surface area contributed by atoms with E-state index in [4.69, 9.17) is 10.4 Å². The van der Waals surface area contributed by atoms with Crippen LogP contribution in [0.2, 0.25) is 0 Å². The second kappa shape index (κ2) is 7.24. The Bertz CT molecular complexity index is 1040. The van der Waals surface area contributed by atoms with Crippen molar-refractivity contribution in [3.8, 4) is 11.3 Å². The van der Waals surface area contributed by atoms with Gasteiger partial charge in [-0.1, -0.05) is 60.7 Å². The van der Waals surface area contributed by atoms with E-state index in [9.17, 15) is 5.11 Å². The Kier molecular flexibility index (Phi) is 4.77. The predicted molar refractivity (Wildman–Crippen MR) is 116 cm³/mol. The first-order valence-electron chi connectivity index (χ1n) is 9.37. The molecule has 3 aromatic rings. The van der Waals surface area contributed by atoms with Crippen molar-refractivity contribution in [2.75, 3.05) is 0 Å². The molecule has 4 rings (SSSR count). The molecule has 2 heterocycles. The average Bonchev–Trinajstić information content (AvgIpc) is 3.19. The molecule has 4 nitrogen and oxygen atoms in total. The number of amidine groups is 1. The zero-order valence-corrected chi connectivity index (χ0v) is 17.0. The van der Waals surface area contributed by atoms with Crippen molar-refractivity contribution in [1.82, 2.24) is 9.88 Å². The zero-order valence-electron chi connectivity index (χ0n) is 16.2. The van der Waals surface area contributed by atoms with Crippen LogP contribution in [-0.2, 0) is 0 Å². The summed E-state index contributed by atoms with van der Waals surface area (Å²) in [6.07, 6.45) is 0. The Hall–Kier alpha value is -2.92. The van der Waals surface area contributed by atoms with Gasteiger partial charge in [0.25, 0.3) is 0 Å². The SMILES string of the molecule is Cc1sc(C2=C(O)C(C)N(C(C)c3ccccc3)C2=N)nc1-c1ccccc1. The van der Waals surface area contributed by atoms with Gasteiger partial charge in [0.2, 0.25) is 0 Å². The normalized spacial score (nSPS) is 18.0. The number of hydrogen-bond donors (Lipinski definition) is 2. The lowest BCUT2D eigenvalue weighted by molar-refractivity contribution is 0.245. The number of aliphatic hydroxyl groups is 1. The van der Waals surface area contributed by atoms with Gasteiger partial charge in [-0.15, -0.1) is 11.3 Å². The number of aliphatic hydroxyl groups excluding tert-OH is 1. The molecule has 0 aliphatic carbocycles. The fourth-order valence-electron chi connectivity index (χ4n) is 3.78. The smallest absolute Gasteiger partial charge is 0.135 e. The van der Waals surface area contributed by atoms with Crippen LogP contribution in [0.3, 0.4) is 0 Å². The van der Waals surface area contributed by atoms with E-state index >= 15 is 0 Å². The van der Waals surface area contributed by atoms with Gasteiger partial charge in [-0.2, -0.15) is 0 Å². The van der Waals surface area contributed by atoms with Crippen molar-refractivity contribution in [1.29, 1.82) is 5.41 Å². The minimum atomic E-state index is -0.262. The first kappa shape index (κ1) is 18.4. The van der Waals surface area contributed by atoms with Crippen molar-refractivity contribution in [2.45, 2.75) is 32.9 Å². The van der Waals surface area contributed by atoms with E-state index in [2.05, 4.69) is 19.1 Å². The first-order valence-corrected chi connectivity index (χ1v) is 10.2. The molecule has 0 saturated heterocycles. The van der Waals surface area contributed by atoms with Gasteiger partial charge in [0.15, 0.2) is 0 Å². The minimum absolute atomic E-state index is 0.0157. The molecule has 1 aliphatic heterocycles. The van der Waals surface area contributed by atoms with E-state index in [1.165, 1.54) is 11.3 Å². The summed E-state index contributed by atoms with van der Waals surface area (Å²) in [4.78, 5) is 7.83. The van der Waals surface area contributed by atoms with Gasteiger partial charge < -0.3 is 10.0 Å². The van der Waals surface area contributed by atoms with Crippen LogP contribution in [0, 0.1) is 12.3 Å². The Morgan fingerprint density at radius 3 is 2.32 bits per heavy atom. The molecule has 0 saturated carbocycles. The molecule has 0 spiro atoms. The molecule has 0 fully saturated rings. The molecule has 2 N–H and O–H groups in total. The molecule has 2 aromatic carbocycles. The van der Waals surface area contributed by atoms with Crippen LogP contribution in [0.15, 0.2) is 66.4 Å². The maximum absolute atomic E-state index is 10.9. The molecule has 28 heavy (non-hydrogen) atoms. The van der Waals surface area contributed by atoms with E-state index in [0.29, 0.717) is 16.4 Å². The fraction of sp³-hybridized carbons (Fsp3) is 0.217. The van der Waals surface area contributed by atoms with Gasteiger partial charge in [-0.05, 0) is 26.3 Å². The third-order valence-corrected chi connectivity index (χ3v) is 6.31. The number of nitrogens with one attached hydrogen (secondary N) is 1. The average molecular weight is 390 g/mol. The molecule has 0 bridgehead atoms. The van der Waals surface area contributed by atoms with Crippen LogP contribution in [0.5, 0.6) is 0 Å².